The van der Waals surface area contributed by atoms with Crippen LogP contribution in [0.2, 0.25) is 0 Å². The van der Waals surface area contributed by atoms with Crippen molar-refractivity contribution in [1.29, 1.82) is 0 Å². The van der Waals surface area contributed by atoms with Gasteiger partial charge in [0.15, 0.2) is 0 Å². The van der Waals surface area contributed by atoms with E-state index in [1.165, 1.54) is 5.56 Å². The molecule has 0 saturated carbocycles. The normalized spacial score (nSPS) is 16.8. The van der Waals surface area contributed by atoms with Crippen LogP contribution in [0.3, 0.4) is 0 Å². The van der Waals surface area contributed by atoms with Crippen LogP contribution in [-0.2, 0) is 11.2 Å². The first-order valence-electron chi connectivity index (χ1n) is 5.60. The lowest BCUT2D eigenvalue weighted by Gasteiger charge is -2.28. The zero-order valence-electron chi connectivity index (χ0n) is 9.49. The Kier molecular flexibility index (Phi) is 3.21. The van der Waals surface area contributed by atoms with Crippen LogP contribution in [0.1, 0.15) is 18.2 Å². The predicted octanol–water partition coefficient (Wildman–Crippen LogP) is 1.79. The number of morpholine rings is 1. The summed E-state index contributed by atoms with van der Waals surface area (Å²) in [5.74, 6) is 1.11. The zero-order valence-corrected chi connectivity index (χ0v) is 9.49. The molecular formula is C12H18N2O. The molecule has 1 saturated heterocycles. The molecule has 0 aliphatic carbocycles. The number of rotatable bonds is 2. The summed E-state index contributed by atoms with van der Waals surface area (Å²) in [4.78, 5) is 6.88. The van der Waals surface area contributed by atoms with E-state index in [0.717, 1.165) is 44.2 Å². The van der Waals surface area contributed by atoms with Crippen molar-refractivity contribution >= 4 is 5.82 Å². The monoisotopic (exact) mass is 206 g/mol. The van der Waals surface area contributed by atoms with Crippen molar-refractivity contribution in [1.82, 2.24) is 4.98 Å². The number of hydrogen-bond donors (Lipinski definition) is 0. The fourth-order valence-corrected chi connectivity index (χ4v) is 1.88. The summed E-state index contributed by atoms with van der Waals surface area (Å²) < 4.78 is 5.34. The zero-order chi connectivity index (χ0) is 10.7. The van der Waals surface area contributed by atoms with E-state index < -0.39 is 0 Å². The highest BCUT2D eigenvalue weighted by molar-refractivity contribution is 5.43. The first-order valence-corrected chi connectivity index (χ1v) is 5.60. The first kappa shape index (κ1) is 10.4. The molecule has 0 N–H and O–H groups in total. The third-order valence-electron chi connectivity index (χ3n) is 2.74. The highest BCUT2D eigenvalue weighted by Crippen LogP contribution is 2.16. The molecule has 2 heterocycles. The number of aryl methyl sites for hydroxylation is 2. The van der Waals surface area contributed by atoms with Gasteiger partial charge >= 0.3 is 0 Å². The third kappa shape index (κ3) is 2.48. The first-order chi connectivity index (χ1) is 7.29. The Morgan fingerprint density at radius 3 is 2.73 bits per heavy atom. The molecular weight excluding hydrogens is 188 g/mol. The van der Waals surface area contributed by atoms with Crippen LogP contribution in [0.5, 0.6) is 0 Å². The largest absolute Gasteiger partial charge is 0.378 e. The molecule has 82 valence electrons. The van der Waals surface area contributed by atoms with Crippen LogP contribution in [0, 0.1) is 6.92 Å². The van der Waals surface area contributed by atoms with Gasteiger partial charge in [0.05, 0.1) is 13.2 Å². The van der Waals surface area contributed by atoms with Crippen molar-refractivity contribution in [2.75, 3.05) is 31.2 Å². The summed E-state index contributed by atoms with van der Waals surface area (Å²) in [7, 11) is 0. The molecule has 0 amide bonds. The highest BCUT2D eigenvalue weighted by Gasteiger charge is 2.12. The van der Waals surface area contributed by atoms with E-state index in [2.05, 4.69) is 35.9 Å². The highest BCUT2D eigenvalue weighted by atomic mass is 16.5. The molecule has 0 unspecified atom stereocenters. The van der Waals surface area contributed by atoms with Gasteiger partial charge in [0.2, 0.25) is 0 Å². The van der Waals surface area contributed by atoms with Gasteiger partial charge < -0.3 is 9.64 Å². The molecule has 1 fully saturated rings. The molecule has 1 aromatic heterocycles. The van der Waals surface area contributed by atoms with Gasteiger partial charge in [-0.15, -0.1) is 0 Å². The third-order valence-corrected chi connectivity index (χ3v) is 2.74. The summed E-state index contributed by atoms with van der Waals surface area (Å²) in [6, 6.07) is 4.35. The molecule has 1 aliphatic heterocycles. The Balaban J connectivity index is 2.22. The van der Waals surface area contributed by atoms with Gasteiger partial charge in [0.25, 0.3) is 0 Å². The van der Waals surface area contributed by atoms with Crippen molar-refractivity contribution in [2.24, 2.45) is 0 Å². The summed E-state index contributed by atoms with van der Waals surface area (Å²) in [5, 5.41) is 0. The van der Waals surface area contributed by atoms with Crippen molar-refractivity contribution in [2.45, 2.75) is 20.3 Å². The van der Waals surface area contributed by atoms with Gasteiger partial charge in [-0.25, -0.2) is 4.98 Å². The number of hydrogen-bond acceptors (Lipinski definition) is 3. The average molecular weight is 206 g/mol. The lowest BCUT2D eigenvalue weighted by Crippen LogP contribution is -2.36. The predicted molar refractivity (Wildman–Crippen MR) is 61.4 cm³/mol. The molecule has 0 spiro atoms. The molecule has 2 rings (SSSR count). The van der Waals surface area contributed by atoms with Gasteiger partial charge in [-0.2, -0.15) is 0 Å². The minimum Gasteiger partial charge on any atom is -0.378 e. The van der Waals surface area contributed by atoms with Crippen molar-refractivity contribution < 1.29 is 4.74 Å². The number of aromatic nitrogens is 1. The van der Waals surface area contributed by atoms with E-state index in [1.807, 2.05) is 0 Å². The maximum atomic E-state index is 5.34. The number of nitrogens with zero attached hydrogens (tertiary/aromatic N) is 2. The minimum atomic E-state index is 0.817. The van der Waals surface area contributed by atoms with Crippen LogP contribution < -0.4 is 4.90 Å². The van der Waals surface area contributed by atoms with E-state index >= 15 is 0 Å². The number of pyridine rings is 1. The Hall–Kier alpha value is -1.09. The van der Waals surface area contributed by atoms with E-state index in [1.54, 1.807) is 0 Å². The van der Waals surface area contributed by atoms with Crippen LogP contribution in [0.4, 0.5) is 5.82 Å². The Labute approximate surface area is 91.1 Å². The number of anilines is 1. The molecule has 0 radical (unpaired) electrons. The molecule has 1 aromatic rings. The SMILES string of the molecule is CCc1cc(C)nc(N2CCOCC2)c1. The smallest absolute Gasteiger partial charge is 0.129 e. The van der Waals surface area contributed by atoms with E-state index in [0.29, 0.717) is 0 Å². The fourth-order valence-electron chi connectivity index (χ4n) is 1.88. The Morgan fingerprint density at radius 1 is 1.33 bits per heavy atom. The van der Waals surface area contributed by atoms with Crippen LogP contribution in [0.25, 0.3) is 0 Å². The topological polar surface area (TPSA) is 25.4 Å². The van der Waals surface area contributed by atoms with E-state index in [9.17, 15) is 0 Å². The van der Waals surface area contributed by atoms with Crippen LogP contribution in [-0.4, -0.2) is 31.3 Å². The molecule has 3 nitrogen and oxygen atoms in total. The van der Waals surface area contributed by atoms with Gasteiger partial charge in [-0.05, 0) is 31.0 Å². The van der Waals surface area contributed by atoms with Gasteiger partial charge in [-0.1, -0.05) is 6.92 Å². The second-order valence-electron chi connectivity index (χ2n) is 3.93. The summed E-state index contributed by atoms with van der Waals surface area (Å²) >= 11 is 0. The standard InChI is InChI=1S/C12H18N2O/c1-3-11-8-10(2)13-12(9-11)14-4-6-15-7-5-14/h8-9H,3-7H2,1-2H3. The fraction of sp³-hybridized carbons (Fsp3) is 0.583. The number of ether oxygens (including phenoxy) is 1. The minimum absolute atomic E-state index is 0.817. The lowest BCUT2D eigenvalue weighted by atomic mass is 10.2. The molecule has 3 heteroatoms. The van der Waals surface area contributed by atoms with Crippen molar-refractivity contribution in [3.8, 4) is 0 Å². The molecule has 15 heavy (non-hydrogen) atoms. The van der Waals surface area contributed by atoms with Crippen LogP contribution in [0.15, 0.2) is 12.1 Å². The van der Waals surface area contributed by atoms with Crippen molar-refractivity contribution in [3.63, 3.8) is 0 Å². The molecule has 0 aromatic carbocycles. The van der Waals surface area contributed by atoms with Gasteiger partial charge in [-0.3, -0.25) is 0 Å². The average Bonchev–Trinajstić information content (AvgIpc) is 2.29. The second kappa shape index (κ2) is 4.62. The Bertz CT molecular complexity index is 332. The summed E-state index contributed by atoms with van der Waals surface area (Å²) in [5.41, 5.74) is 2.47. The van der Waals surface area contributed by atoms with Crippen LogP contribution >= 0.6 is 0 Å². The maximum absolute atomic E-state index is 5.34. The summed E-state index contributed by atoms with van der Waals surface area (Å²) in [6.07, 6.45) is 1.07. The second-order valence-corrected chi connectivity index (χ2v) is 3.93. The molecule has 0 atom stereocenters. The molecule has 0 bridgehead atoms. The quantitative estimate of drug-likeness (QED) is 0.737. The Morgan fingerprint density at radius 2 is 2.07 bits per heavy atom. The van der Waals surface area contributed by atoms with Gasteiger partial charge in [0.1, 0.15) is 5.82 Å². The maximum Gasteiger partial charge on any atom is 0.129 e. The lowest BCUT2D eigenvalue weighted by molar-refractivity contribution is 0.122. The van der Waals surface area contributed by atoms with E-state index in [-0.39, 0.29) is 0 Å². The van der Waals surface area contributed by atoms with E-state index in [4.69, 9.17) is 4.74 Å². The molecule has 1 aliphatic rings. The summed E-state index contributed by atoms with van der Waals surface area (Å²) in [6.45, 7) is 7.79. The van der Waals surface area contributed by atoms with Crippen molar-refractivity contribution in [3.05, 3.63) is 23.4 Å². The van der Waals surface area contributed by atoms with Gasteiger partial charge in [0, 0.05) is 18.8 Å².